The molecular weight excluding hydrogens is 320 g/mol. The van der Waals surface area contributed by atoms with Crippen molar-refractivity contribution in [3.63, 3.8) is 0 Å². The highest BCUT2D eigenvalue weighted by Crippen LogP contribution is 2.16. The van der Waals surface area contributed by atoms with Gasteiger partial charge in [-0.05, 0) is 42.7 Å². The van der Waals surface area contributed by atoms with Crippen molar-refractivity contribution in [2.75, 3.05) is 11.9 Å². The number of fused-ring (bicyclic) bond motifs is 1. The van der Waals surface area contributed by atoms with E-state index in [9.17, 15) is 9.59 Å². The van der Waals surface area contributed by atoms with Crippen molar-refractivity contribution >= 4 is 17.2 Å². The Labute approximate surface area is 143 Å². The number of ether oxygens (including phenoxy) is 1. The molecule has 25 heavy (non-hydrogen) atoms. The zero-order chi connectivity index (χ0) is 17.2. The Kier molecular flexibility index (Phi) is 4.07. The van der Waals surface area contributed by atoms with Crippen molar-refractivity contribution in [1.29, 1.82) is 0 Å². The lowest BCUT2D eigenvalue weighted by Gasteiger charge is -2.11. The molecule has 3 heterocycles. The molecule has 2 aromatic heterocycles. The van der Waals surface area contributed by atoms with Gasteiger partial charge in [0.05, 0.1) is 6.54 Å². The molecule has 128 valence electrons. The smallest absolute Gasteiger partial charge is 0.350 e. The summed E-state index contributed by atoms with van der Waals surface area (Å²) in [6, 6.07) is 12.8. The van der Waals surface area contributed by atoms with Crippen molar-refractivity contribution in [1.82, 2.24) is 14.2 Å². The fourth-order valence-corrected chi connectivity index (χ4v) is 3.00. The number of nitrogens with one attached hydrogen (secondary N) is 1. The van der Waals surface area contributed by atoms with Crippen molar-refractivity contribution < 1.29 is 9.53 Å². The van der Waals surface area contributed by atoms with E-state index in [-0.39, 0.29) is 17.7 Å². The molecule has 1 N–H and O–H groups in total. The monoisotopic (exact) mass is 338 g/mol. The molecule has 1 amide bonds. The van der Waals surface area contributed by atoms with Gasteiger partial charge >= 0.3 is 5.69 Å². The van der Waals surface area contributed by atoms with Crippen LogP contribution in [0.4, 0.5) is 5.69 Å². The maximum Gasteiger partial charge on any atom is 0.350 e. The Hall–Kier alpha value is -2.93. The molecule has 4 rings (SSSR count). The first-order chi connectivity index (χ1) is 12.2. The van der Waals surface area contributed by atoms with E-state index in [0.717, 1.165) is 18.4 Å². The second-order valence-corrected chi connectivity index (χ2v) is 6.06. The van der Waals surface area contributed by atoms with Gasteiger partial charge in [-0.2, -0.15) is 0 Å². The molecular formula is C18H18N4O3. The van der Waals surface area contributed by atoms with Crippen LogP contribution in [0.5, 0.6) is 0 Å². The molecule has 1 aliphatic heterocycles. The summed E-state index contributed by atoms with van der Waals surface area (Å²) in [5.74, 6) is -0.125. The summed E-state index contributed by atoms with van der Waals surface area (Å²) in [6.45, 7) is 0.971. The maximum absolute atomic E-state index is 12.3. The minimum atomic E-state index is -0.371. The normalized spacial score (nSPS) is 17.0. The first-order valence-electron chi connectivity index (χ1n) is 8.26. The van der Waals surface area contributed by atoms with Gasteiger partial charge in [-0.3, -0.25) is 9.20 Å². The summed E-state index contributed by atoms with van der Waals surface area (Å²) in [6.07, 6.45) is 2.99. The van der Waals surface area contributed by atoms with Crippen molar-refractivity contribution in [3.05, 3.63) is 64.7 Å². The van der Waals surface area contributed by atoms with Crippen LogP contribution in [-0.4, -0.2) is 32.8 Å². The number of amides is 1. The number of hydrogen-bond donors (Lipinski definition) is 1. The zero-order valence-corrected chi connectivity index (χ0v) is 13.6. The molecule has 0 saturated carbocycles. The summed E-state index contributed by atoms with van der Waals surface area (Å²) < 4.78 is 8.31. The van der Waals surface area contributed by atoms with Crippen molar-refractivity contribution in [2.45, 2.75) is 25.5 Å². The molecule has 1 fully saturated rings. The number of anilines is 1. The van der Waals surface area contributed by atoms with Crippen molar-refractivity contribution in [3.8, 4) is 0 Å². The van der Waals surface area contributed by atoms with Crippen LogP contribution in [0.25, 0.3) is 5.65 Å². The molecule has 7 heteroatoms. The quantitative estimate of drug-likeness (QED) is 0.785. The maximum atomic E-state index is 12.3. The van der Waals surface area contributed by atoms with E-state index in [2.05, 4.69) is 10.4 Å². The third kappa shape index (κ3) is 3.18. The molecule has 0 radical (unpaired) electrons. The number of hydrogen-bond acceptors (Lipinski definition) is 4. The average Bonchev–Trinajstić information content (AvgIpc) is 3.25. The Balaban J connectivity index is 1.53. The third-order valence-electron chi connectivity index (χ3n) is 4.24. The fraction of sp³-hybridized carbons (Fsp3) is 0.278. The summed E-state index contributed by atoms with van der Waals surface area (Å²) in [4.78, 5) is 24.5. The standard InChI is InChI=1S/C18H18N4O3/c23-17(15-7-4-10-25-15)19-14-6-3-5-13(11-14)12-22-18(24)21-9-2-1-8-16(21)20-22/h1-3,5-6,8-9,11,15H,4,7,10,12H2,(H,19,23). The third-order valence-corrected chi connectivity index (χ3v) is 4.24. The zero-order valence-electron chi connectivity index (χ0n) is 13.6. The predicted octanol–water partition coefficient (Wildman–Crippen LogP) is 1.66. The van der Waals surface area contributed by atoms with Crippen LogP contribution in [-0.2, 0) is 16.1 Å². The van der Waals surface area contributed by atoms with E-state index >= 15 is 0 Å². The largest absolute Gasteiger partial charge is 0.368 e. The number of carbonyl (C=O) groups excluding carboxylic acids is 1. The number of nitrogens with zero attached hydrogens (tertiary/aromatic N) is 3. The summed E-state index contributed by atoms with van der Waals surface area (Å²) in [5, 5.41) is 7.20. The summed E-state index contributed by atoms with van der Waals surface area (Å²) in [7, 11) is 0. The second-order valence-electron chi connectivity index (χ2n) is 6.06. The van der Waals surface area contributed by atoms with Gasteiger partial charge in [-0.15, -0.1) is 5.10 Å². The first kappa shape index (κ1) is 15.6. The van der Waals surface area contributed by atoms with E-state index in [4.69, 9.17) is 4.74 Å². The van der Waals surface area contributed by atoms with E-state index in [1.165, 1.54) is 9.08 Å². The number of rotatable bonds is 4. The minimum Gasteiger partial charge on any atom is -0.368 e. The number of carbonyl (C=O) groups is 1. The Morgan fingerprint density at radius 3 is 3.00 bits per heavy atom. The highest BCUT2D eigenvalue weighted by molar-refractivity contribution is 5.94. The molecule has 7 nitrogen and oxygen atoms in total. The van der Waals surface area contributed by atoms with Crippen LogP contribution in [0.15, 0.2) is 53.5 Å². The molecule has 0 bridgehead atoms. The predicted molar refractivity (Wildman–Crippen MR) is 92.6 cm³/mol. The molecule has 1 aliphatic rings. The lowest BCUT2D eigenvalue weighted by molar-refractivity contribution is -0.124. The van der Waals surface area contributed by atoms with Gasteiger partial charge in [0.2, 0.25) is 0 Å². The Morgan fingerprint density at radius 1 is 1.28 bits per heavy atom. The van der Waals surface area contributed by atoms with Crippen LogP contribution >= 0.6 is 0 Å². The topological polar surface area (TPSA) is 77.6 Å². The van der Waals surface area contributed by atoms with E-state index in [1.807, 2.05) is 30.3 Å². The van der Waals surface area contributed by atoms with Crippen LogP contribution in [0.3, 0.4) is 0 Å². The van der Waals surface area contributed by atoms with Gasteiger partial charge in [-0.25, -0.2) is 9.48 Å². The highest BCUT2D eigenvalue weighted by Gasteiger charge is 2.23. The summed E-state index contributed by atoms with van der Waals surface area (Å²) >= 11 is 0. The van der Waals surface area contributed by atoms with Gasteiger partial charge < -0.3 is 10.1 Å². The van der Waals surface area contributed by atoms with Gasteiger partial charge in [0.25, 0.3) is 5.91 Å². The summed E-state index contributed by atoms with van der Waals surface area (Å²) in [5.41, 5.74) is 1.99. The lowest BCUT2D eigenvalue weighted by atomic mass is 10.2. The van der Waals surface area contributed by atoms with Gasteiger partial charge in [0.15, 0.2) is 5.65 Å². The van der Waals surface area contributed by atoms with Gasteiger partial charge in [0, 0.05) is 18.5 Å². The SMILES string of the molecule is O=C(Nc1cccc(Cn2nc3ccccn3c2=O)c1)C1CCCO1. The van der Waals surface area contributed by atoms with Crippen LogP contribution in [0.2, 0.25) is 0 Å². The van der Waals surface area contributed by atoms with E-state index < -0.39 is 0 Å². The molecule has 3 aromatic rings. The van der Waals surface area contributed by atoms with Crippen LogP contribution in [0, 0.1) is 0 Å². The minimum absolute atomic E-state index is 0.125. The van der Waals surface area contributed by atoms with Gasteiger partial charge in [0.1, 0.15) is 6.10 Å². The molecule has 1 aromatic carbocycles. The molecule has 1 unspecified atom stereocenters. The second kappa shape index (κ2) is 6.52. The van der Waals surface area contributed by atoms with E-state index in [0.29, 0.717) is 24.5 Å². The first-order valence-corrected chi connectivity index (χ1v) is 8.26. The molecule has 0 aliphatic carbocycles. The number of benzene rings is 1. The van der Waals surface area contributed by atoms with Crippen LogP contribution < -0.4 is 11.0 Å². The fourth-order valence-electron chi connectivity index (χ4n) is 3.00. The number of aromatic nitrogens is 3. The Bertz CT molecular complexity index is 970. The van der Waals surface area contributed by atoms with Gasteiger partial charge in [-0.1, -0.05) is 18.2 Å². The number of pyridine rings is 1. The molecule has 0 spiro atoms. The molecule has 1 atom stereocenters. The highest BCUT2D eigenvalue weighted by atomic mass is 16.5. The van der Waals surface area contributed by atoms with Crippen molar-refractivity contribution in [2.24, 2.45) is 0 Å². The van der Waals surface area contributed by atoms with E-state index in [1.54, 1.807) is 18.3 Å². The average molecular weight is 338 g/mol. The molecule has 1 saturated heterocycles. The Morgan fingerprint density at radius 2 is 2.20 bits per heavy atom. The lowest BCUT2D eigenvalue weighted by Crippen LogP contribution is -2.27. The van der Waals surface area contributed by atoms with Crippen LogP contribution in [0.1, 0.15) is 18.4 Å².